The fourth-order valence-electron chi connectivity index (χ4n) is 0.826. The van der Waals surface area contributed by atoms with Crippen LogP contribution in [0.5, 0.6) is 6.01 Å². The van der Waals surface area contributed by atoms with Crippen molar-refractivity contribution in [2.24, 2.45) is 0 Å². The maximum atomic E-state index is 11.0. The van der Waals surface area contributed by atoms with Crippen LogP contribution in [0.25, 0.3) is 0 Å². The summed E-state index contributed by atoms with van der Waals surface area (Å²) in [6.07, 6.45) is 0. The third kappa shape index (κ3) is 2.15. The molecule has 0 aliphatic heterocycles. The first-order valence-corrected chi connectivity index (χ1v) is 4.05. The molecule has 76 valence electrons. The Kier molecular flexibility index (Phi) is 2.95. The number of hydrogen-bond acceptors (Lipinski definition) is 5. The van der Waals surface area contributed by atoms with Gasteiger partial charge in [-0.15, -0.1) is 0 Å². The van der Waals surface area contributed by atoms with Crippen molar-refractivity contribution < 1.29 is 9.53 Å². The van der Waals surface area contributed by atoms with Gasteiger partial charge in [0.15, 0.2) is 0 Å². The van der Waals surface area contributed by atoms with Gasteiger partial charge in [-0.05, 0) is 6.92 Å². The van der Waals surface area contributed by atoms with Crippen molar-refractivity contribution in [3.63, 3.8) is 0 Å². The largest absolute Gasteiger partial charge is 0.467 e. The highest BCUT2D eigenvalue weighted by atomic mass is 16.5. The molecule has 0 N–H and O–H groups in total. The van der Waals surface area contributed by atoms with E-state index in [4.69, 9.17) is 4.74 Å². The summed E-state index contributed by atoms with van der Waals surface area (Å²) in [6.45, 7) is 3.15. The first-order valence-electron chi connectivity index (χ1n) is 4.05. The molecule has 0 aliphatic rings. The molecule has 0 spiro atoms. The Balaban J connectivity index is 3.08. The molecule has 0 fully saturated rings. The van der Waals surface area contributed by atoms with E-state index in [1.54, 1.807) is 14.0 Å². The molecule has 1 aromatic heterocycles. The lowest BCUT2D eigenvalue weighted by molar-refractivity contribution is -0.116. The number of aromatic nitrogens is 3. The minimum Gasteiger partial charge on any atom is -0.467 e. The van der Waals surface area contributed by atoms with Crippen LogP contribution in [0, 0.1) is 6.92 Å². The zero-order chi connectivity index (χ0) is 10.7. The molecule has 0 aliphatic carbocycles. The molecular weight excluding hydrogens is 184 g/mol. The number of anilines is 1. The molecule has 0 bridgehead atoms. The zero-order valence-electron chi connectivity index (χ0n) is 8.61. The summed E-state index contributed by atoms with van der Waals surface area (Å²) in [6, 6.07) is 0.209. The van der Waals surface area contributed by atoms with E-state index < -0.39 is 0 Å². The van der Waals surface area contributed by atoms with Gasteiger partial charge in [-0.2, -0.15) is 15.0 Å². The van der Waals surface area contributed by atoms with Crippen molar-refractivity contribution in [3.05, 3.63) is 5.82 Å². The molecule has 1 amide bonds. The topological polar surface area (TPSA) is 68.2 Å². The van der Waals surface area contributed by atoms with E-state index in [0.717, 1.165) is 0 Å². The van der Waals surface area contributed by atoms with Gasteiger partial charge in [0, 0.05) is 14.0 Å². The van der Waals surface area contributed by atoms with Crippen LogP contribution in [-0.2, 0) is 4.79 Å². The van der Waals surface area contributed by atoms with Crippen LogP contribution in [0.3, 0.4) is 0 Å². The Morgan fingerprint density at radius 3 is 2.50 bits per heavy atom. The maximum Gasteiger partial charge on any atom is 0.321 e. The van der Waals surface area contributed by atoms with E-state index >= 15 is 0 Å². The average Bonchev–Trinajstić information content (AvgIpc) is 2.15. The van der Waals surface area contributed by atoms with Gasteiger partial charge in [0.05, 0.1) is 7.11 Å². The van der Waals surface area contributed by atoms with Crippen LogP contribution in [-0.4, -0.2) is 35.0 Å². The van der Waals surface area contributed by atoms with Gasteiger partial charge in [0.1, 0.15) is 5.82 Å². The third-order valence-corrected chi connectivity index (χ3v) is 1.67. The standard InChI is InChI=1S/C8H12N4O2/c1-5-9-7(12(3)6(2)13)11-8(10-5)14-4/h1-4H3. The predicted molar refractivity (Wildman–Crippen MR) is 50.2 cm³/mol. The molecule has 14 heavy (non-hydrogen) atoms. The van der Waals surface area contributed by atoms with Crippen LogP contribution < -0.4 is 9.64 Å². The molecule has 1 heterocycles. The second-order valence-corrected chi connectivity index (χ2v) is 2.75. The second-order valence-electron chi connectivity index (χ2n) is 2.75. The lowest BCUT2D eigenvalue weighted by Crippen LogP contribution is -2.25. The quantitative estimate of drug-likeness (QED) is 0.674. The number of rotatable bonds is 2. The number of carbonyl (C=O) groups is 1. The van der Waals surface area contributed by atoms with Crippen LogP contribution in [0.2, 0.25) is 0 Å². The number of ether oxygens (including phenoxy) is 1. The Morgan fingerprint density at radius 1 is 1.36 bits per heavy atom. The Morgan fingerprint density at radius 2 is 2.00 bits per heavy atom. The number of carbonyl (C=O) groups excluding carboxylic acids is 1. The van der Waals surface area contributed by atoms with Crippen molar-refractivity contribution >= 4 is 11.9 Å². The summed E-state index contributed by atoms with van der Waals surface area (Å²) in [5.41, 5.74) is 0. The Bertz CT molecular complexity index is 353. The fourth-order valence-corrected chi connectivity index (χ4v) is 0.826. The van der Waals surface area contributed by atoms with Crippen molar-refractivity contribution in [3.8, 4) is 6.01 Å². The van der Waals surface area contributed by atoms with Crippen LogP contribution in [0.4, 0.5) is 5.95 Å². The highest BCUT2D eigenvalue weighted by molar-refractivity contribution is 5.88. The number of nitrogens with zero attached hydrogens (tertiary/aromatic N) is 4. The maximum absolute atomic E-state index is 11.0. The summed E-state index contributed by atoms with van der Waals surface area (Å²) >= 11 is 0. The van der Waals surface area contributed by atoms with E-state index in [1.807, 2.05) is 0 Å². The molecular formula is C8H12N4O2. The minimum atomic E-state index is -0.141. The Labute approximate surface area is 81.9 Å². The summed E-state index contributed by atoms with van der Waals surface area (Å²) < 4.78 is 4.87. The summed E-state index contributed by atoms with van der Waals surface area (Å²) in [7, 11) is 3.06. The molecule has 1 rings (SSSR count). The van der Waals surface area contributed by atoms with Gasteiger partial charge < -0.3 is 4.74 Å². The molecule has 1 aromatic rings. The second kappa shape index (κ2) is 3.99. The van der Waals surface area contributed by atoms with Gasteiger partial charge in [0.25, 0.3) is 0 Å². The number of amides is 1. The number of aryl methyl sites for hydroxylation is 1. The molecule has 6 nitrogen and oxygen atoms in total. The lowest BCUT2D eigenvalue weighted by atomic mass is 10.6. The molecule has 0 radical (unpaired) electrons. The van der Waals surface area contributed by atoms with Crippen LogP contribution in [0.1, 0.15) is 12.7 Å². The van der Waals surface area contributed by atoms with Gasteiger partial charge in [-0.25, -0.2) is 0 Å². The number of methoxy groups -OCH3 is 1. The number of hydrogen-bond donors (Lipinski definition) is 0. The monoisotopic (exact) mass is 196 g/mol. The third-order valence-electron chi connectivity index (χ3n) is 1.67. The van der Waals surface area contributed by atoms with Crippen molar-refractivity contribution in [2.75, 3.05) is 19.1 Å². The fraction of sp³-hybridized carbons (Fsp3) is 0.500. The van der Waals surface area contributed by atoms with E-state index in [9.17, 15) is 4.79 Å². The predicted octanol–water partition coefficient (Wildman–Crippen LogP) is 0.171. The van der Waals surface area contributed by atoms with Crippen molar-refractivity contribution in [2.45, 2.75) is 13.8 Å². The summed E-state index contributed by atoms with van der Waals surface area (Å²) in [5, 5.41) is 0. The molecule has 0 saturated heterocycles. The van der Waals surface area contributed by atoms with Gasteiger partial charge >= 0.3 is 6.01 Å². The van der Waals surface area contributed by atoms with E-state index in [0.29, 0.717) is 11.8 Å². The minimum absolute atomic E-state index is 0.141. The van der Waals surface area contributed by atoms with E-state index in [2.05, 4.69) is 15.0 Å². The smallest absolute Gasteiger partial charge is 0.321 e. The van der Waals surface area contributed by atoms with Gasteiger partial charge in [-0.1, -0.05) is 0 Å². The summed E-state index contributed by atoms with van der Waals surface area (Å²) in [4.78, 5) is 24.2. The first-order chi connectivity index (χ1) is 6.54. The highest BCUT2D eigenvalue weighted by Gasteiger charge is 2.11. The van der Waals surface area contributed by atoms with Crippen molar-refractivity contribution in [1.29, 1.82) is 0 Å². The first kappa shape index (κ1) is 10.4. The molecule has 0 aromatic carbocycles. The molecule has 0 unspecified atom stereocenters. The normalized spacial score (nSPS) is 9.71. The zero-order valence-corrected chi connectivity index (χ0v) is 8.61. The summed E-state index contributed by atoms with van der Waals surface area (Å²) in [5.74, 6) is 0.666. The molecule has 0 saturated carbocycles. The lowest BCUT2D eigenvalue weighted by Gasteiger charge is -2.12. The SMILES string of the molecule is COc1nc(C)nc(N(C)C(C)=O)n1. The van der Waals surface area contributed by atoms with Gasteiger partial charge in [0.2, 0.25) is 11.9 Å². The van der Waals surface area contributed by atoms with Crippen molar-refractivity contribution in [1.82, 2.24) is 15.0 Å². The van der Waals surface area contributed by atoms with E-state index in [-0.39, 0.29) is 11.9 Å². The van der Waals surface area contributed by atoms with E-state index in [1.165, 1.54) is 18.9 Å². The highest BCUT2D eigenvalue weighted by Crippen LogP contribution is 2.09. The Hall–Kier alpha value is -1.72. The van der Waals surface area contributed by atoms with Crippen LogP contribution in [0.15, 0.2) is 0 Å². The van der Waals surface area contributed by atoms with Crippen LogP contribution >= 0.6 is 0 Å². The molecule has 0 atom stereocenters. The molecule has 6 heteroatoms. The average molecular weight is 196 g/mol. The van der Waals surface area contributed by atoms with Gasteiger partial charge in [-0.3, -0.25) is 9.69 Å².